The maximum absolute atomic E-state index is 13.0. The Morgan fingerprint density at radius 1 is 1.11 bits per heavy atom. The van der Waals surface area contributed by atoms with Gasteiger partial charge in [-0.15, -0.1) is 0 Å². The summed E-state index contributed by atoms with van der Waals surface area (Å²) in [5, 5.41) is 13.5. The van der Waals surface area contributed by atoms with Crippen LogP contribution in [0, 0.1) is 13.8 Å². The first-order chi connectivity index (χ1) is 18.0. The van der Waals surface area contributed by atoms with Crippen molar-refractivity contribution in [1.29, 1.82) is 0 Å². The molecule has 2 aliphatic heterocycles. The molecule has 0 saturated carbocycles. The number of hydrogen-bond donors (Lipinski definition) is 1. The number of nitrogens with zero attached hydrogens (tertiary/aromatic N) is 3. The van der Waals surface area contributed by atoms with E-state index in [0.29, 0.717) is 0 Å². The third-order valence-corrected chi connectivity index (χ3v) is 7.28. The van der Waals surface area contributed by atoms with Crippen molar-refractivity contribution in [2.24, 2.45) is 0 Å². The zero-order valence-corrected chi connectivity index (χ0v) is 21.3. The zero-order valence-electron chi connectivity index (χ0n) is 21.3. The van der Waals surface area contributed by atoms with Gasteiger partial charge in [-0.3, -0.25) is 9.69 Å². The first kappa shape index (κ1) is 27.4. The lowest BCUT2D eigenvalue weighted by molar-refractivity contribution is -0.192. The summed E-state index contributed by atoms with van der Waals surface area (Å²) in [4.78, 5) is 26.3. The number of hydrogen-bond acceptors (Lipinski definition) is 6. The topological polar surface area (TPSA) is 96.1 Å². The van der Waals surface area contributed by atoms with Gasteiger partial charge in [-0.1, -0.05) is 35.5 Å². The van der Waals surface area contributed by atoms with E-state index < -0.39 is 12.1 Å². The number of rotatable bonds is 5. The summed E-state index contributed by atoms with van der Waals surface area (Å²) >= 11 is 0. The number of fused-ring (bicyclic) bond motifs is 1. The molecule has 5 rings (SSSR count). The fraction of sp³-hybridized carbons (Fsp3) is 0.444. The first-order valence-electron chi connectivity index (χ1n) is 12.3. The van der Waals surface area contributed by atoms with Crippen LogP contribution in [-0.4, -0.2) is 69.9 Å². The summed E-state index contributed by atoms with van der Waals surface area (Å²) in [6.07, 6.45) is -1.79. The number of carboxylic acid groups (broad SMARTS) is 1. The maximum atomic E-state index is 13.0. The van der Waals surface area contributed by atoms with E-state index in [4.69, 9.17) is 19.2 Å². The highest BCUT2D eigenvalue weighted by atomic mass is 19.4. The van der Waals surface area contributed by atoms with Gasteiger partial charge in [-0.05, 0) is 56.0 Å². The smallest absolute Gasteiger partial charge is 0.484 e. The molecule has 0 bridgehead atoms. The van der Waals surface area contributed by atoms with Crippen LogP contribution in [0.15, 0.2) is 47.0 Å². The highest BCUT2D eigenvalue weighted by molar-refractivity contribution is 5.84. The lowest BCUT2D eigenvalue weighted by atomic mass is 9.77. The molecule has 0 radical (unpaired) electrons. The largest absolute Gasteiger partial charge is 0.490 e. The van der Waals surface area contributed by atoms with Crippen molar-refractivity contribution < 1.29 is 37.1 Å². The van der Waals surface area contributed by atoms with Crippen LogP contribution in [0.1, 0.15) is 36.3 Å². The lowest BCUT2D eigenvalue weighted by Gasteiger charge is -2.57. The van der Waals surface area contributed by atoms with E-state index in [1.54, 1.807) is 0 Å². The number of alkyl halides is 3. The molecule has 1 spiro atoms. The Kier molecular flexibility index (Phi) is 7.96. The summed E-state index contributed by atoms with van der Waals surface area (Å²) < 4.78 is 42.9. The molecule has 1 amide bonds. The molecule has 38 heavy (non-hydrogen) atoms. The molecular formula is C27H30F3N3O5. The van der Waals surface area contributed by atoms with Crippen LogP contribution < -0.4 is 4.74 Å². The van der Waals surface area contributed by atoms with Gasteiger partial charge in [0, 0.05) is 37.3 Å². The Balaban J connectivity index is 0.000000426. The Morgan fingerprint density at radius 2 is 1.82 bits per heavy atom. The molecule has 3 aromatic rings. The molecular weight excluding hydrogens is 503 g/mol. The Morgan fingerprint density at radius 3 is 2.42 bits per heavy atom. The summed E-state index contributed by atoms with van der Waals surface area (Å²) in [6, 6.07) is 14.1. The SMILES string of the molecule is Cc1noc(C)c1CN1CCC12CCCN(C(=O)COc1ccc3ccccc3c1)C2.O=C(O)C(F)(F)F. The third-order valence-electron chi connectivity index (χ3n) is 7.28. The summed E-state index contributed by atoms with van der Waals surface area (Å²) in [5.41, 5.74) is 2.22. The summed E-state index contributed by atoms with van der Waals surface area (Å²) in [5.74, 6) is -1.06. The van der Waals surface area contributed by atoms with E-state index in [1.807, 2.05) is 49.1 Å². The number of benzene rings is 2. The normalized spacial score (nSPS) is 19.6. The molecule has 2 fully saturated rings. The molecule has 11 heteroatoms. The van der Waals surface area contributed by atoms with E-state index >= 15 is 0 Å². The number of carbonyl (C=O) groups excluding carboxylic acids is 1. The minimum absolute atomic E-state index is 0.0661. The number of aryl methyl sites for hydroxylation is 2. The minimum atomic E-state index is -5.08. The summed E-state index contributed by atoms with van der Waals surface area (Å²) in [7, 11) is 0. The Bertz CT molecular complexity index is 1290. The van der Waals surface area contributed by atoms with Crippen LogP contribution in [-0.2, 0) is 16.1 Å². The predicted molar refractivity (Wildman–Crippen MR) is 133 cm³/mol. The minimum Gasteiger partial charge on any atom is -0.484 e. The zero-order chi connectivity index (χ0) is 27.5. The van der Waals surface area contributed by atoms with Crippen LogP contribution >= 0.6 is 0 Å². The maximum Gasteiger partial charge on any atom is 0.490 e. The van der Waals surface area contributed by atoms with Gasteiger partial charge in [0.15, 0.2) is 6.61 Å². The van der Waals surface area contributed by atoms with Gasteiger partial charge in [0.1, 0.15) is 11.5 Å². The number of aliphatic carboxylic acids is 1. The molecule has 0 aliphatic carbocycles. The Labute approximate surface area is 217 Å². The molecule has 1 N–H and O–H groups in total. The summed E-state index contributed by atoms with van der Waals surface area (Å²) in [6.45, 7) is 7.54. The number of aromatic nitrogens is 1. The lowest BCUT2D eigenvalue weighted by Crippen LogP contribution is -2.67. The van der Waals surface area contributed by atoms with Gasteiger partial charge in [0.25, 0.3) is 5.91 Å². The number of carbonyl (C=O) groups is 2. The van der Waals surface area contributed by atoms with Crippen molar-refractivity contribution in [1.82, 2.24) is 15.0 Å². The van der Waals surface area contributed by atoms with Crippen LogP contribution in [0.5, 0.6) is 5.75 Å². The van der Waals surface area contributed by atoms with Crippen molar-refractivity contribution in [3.05, 3.63) is 59.5 Å². The van der Waals surface area contributed by atoms with Crippen LogP contribution in [0.25, 0.3) is 10.8 Å². The van der Waals surface area contributed by atoms with Gasteiger partial charge in [-0.25, -0.2) is 4.79 Å². The molecule has 8 nitrogen and oxygen atoms in total. The van der Waals surface area contributed by atoms with Crippen LogP contribution in [0.4, 0.5) is 13.2 Å². The standard InChI is InChI=1S/C25H29N3O3.C2HF3O2/c1-18-23(19(2)31-26-18)15-28-13-11-25(28)10-5-12-27(17-25)24(29)16-30-22-9-8-20-6-3-4-7-21(20)14-22;3-2(4,5)1(6)7/h3-4,6-9,14H,5,10-13,15-17H2,1-2H3;(H,6,7). The van der Waals surface area contributed by atoms with Gasteiger partial charge >= 0.3 is 12.1 Å². The number of halogens is 3. The quantitative estimate of drug-likeness (QED) is 0.507. The number of carboxylic acids is 1. The van der Waals surface area contributed by atoms with Crippen LogP contribution in [0.3, 0.4) is 0 Å². The van der Waals surface area contributed by atoms with Crippen molar-refractivity contribution in [3.8, 4) is 5.75 Å². The van der Waals surface area contributed by atoms with E-state index in [-0.39, 0.29) is 18.1 Å². The Hall–Kier alpha value is -3.60. The fourth-order valence-electron chi connectivity index (χ4n) is 5.03. The number of piperidine rings is 1. The van der Waals surface area contributed by atoms with Gasteiger partial charge in [0.2, 0.25) is 0 Å². The van der Waals surface area contributed by atoms with E-state index in [2.05, 4.69) is 22.2 Å². The molecule has 2 aromatic carbocycles. The molecule has 1 atom stereocenters. The van der Waals surface area contributed by atoms with Crippen LogP contribution in [0.2, 0.25) is 0 Å². The highest BCUT2D eigenvalue weighted by Crippen LogP contribution is 2.40. The van der Waals surface area contributed by atoms with Gasteiger partial charge < -0.3 is 19.3 Å². The average molecular weight is 534 g/mol. The van der Waals surface area contributed by atoms with Crippen molar-refractivity contribution in [2.45, 2.75) is 51.4 Å². The predicted octanol–water partition coefficient (Wildman–Crippen LogP) is 4.72. The van der Waals surface area contributed by atoms with Crippen molar-refractivity contribution in [2.75, 3.05) is 26.2 Å². The van der Waals surface area contributed by atoms with E-state index in [0.717, 1.165) is 68.0 Å². The second-order valence-electron chi connectivity index (χ2n) is 9.72. The molecule has 2 aliphatic rings. The molecule has 3 heterocycles. The molecule has 204 valence electrons. The monoisotopic (exact) mass is 533 g/mol. The first-order valence-corrected chi connectivity index (χ1v) is 12.3. The second-order valence-corrected chi connectivity index (χ2v) is 9.72. The average Bonchev–Trinajstić information content (AvgIpc) is 3.21. The molecule has 1 unspecified atom stereocenters. The fourth-order valence-corrected chi connectivity index (χ4v) is 5.03. The number of amides is 1. The van der Waals surface area contributed by atoms with Gasteiger partial charge in [0.05, 0.1) is 5.69 Å². The highest BCUT2D eigenvalue weighted by Gasteiger charge is 2.48. The van der Waals surface area contributed by atoms with Gasteiger partial charge in [-0.2, -0.15) is 13.2 Å². The van der Waals surface area contributed by atoms with E-state index in [9.17, 15) is 18.0 Å². The molecule has 2 saturated heterocycles. The van der Waals surface area contributed by atoms with Crippen molar-refractivity contribution >= 4 is 22.6 Å². The second kappa shape index (κ2) is 11.0. The third kappa shape index (κ3) is 6.09. The molecule has 1 aromatic heterocycles. The number of ether oxygens (including phenoxy) is 1. The van der Waals surface area contributed by atoms with E-state index in [1.165, 1.54) is 10.9 Å². The number of likely N-dealkylation sites (tertiary alicyclic amines) is 2. The van der Waals surface area contributed by atoms with Crippen molar-refractivity contribution in [3.63, 3.8) is 0 Å².